The van der Waals surface area contributed by atoms with Gasteiger partial charge in [-0.25, -0.2) is 0 Å². The summed E-state index contributed by atoms with van der Waals surface area (Å²) in [7, 11) is 0. The van der Waals surface area contributed by atoms with E-state index < -0.39 is 5.60 Å². The first-order chi connectivity index (χ1) is 14.5. The molecule has 0 spiro atoms. The maximum Gasteiger partial charge on any atom is 0.305 e. The van der Waals surface area contributed by atoms with Crippen molar-refractivity contribution >= 4 is 5.97 Å². The van der Waals surface area contributed by atoms with Gasteiger partial charge in [0.1, 0.15) is 5.60 Å². The summed E-state index contributed by atoms with van der Waals surface area (Å²) in [5, 5.41) is 12.4. The van der Waals surface area contributed by atoms with Crippen molar-refractivity contribution in [1.29, 1.82) is 0 Å². The van der Waals surface area contributed by atoms with Crippen molar-refractivity contribution in [1.82, 2.24) is 0 Å². The van der Waals surface area contributed by atoms with Gasteiger partial charge in [0.2, 0.25) is 0 Å². The lowest BCUT2D eigenvalue weighted by atomic mass is 9.56. The Bertz CT molecular complexity index is 791. The van der Waals surface area contributed by atoms with Gasteiger partial charge in [0.15, 0.2) is 0 Å². The highest BCUT2D eigenvalue weighted by Gasteiger charge is 2.60. The molecule has 0 atom stereocenters. The van der Waals surface area contributed by atoms with Gasteiger partial charge >= 0.3 is 5.97 Å². The summed E-state index contributed by atoms with van der Waals surface area (Å²) in [6.45, 7) is 6.57. The third-order valence-electron chi connectivity index (χ3n) is 7.66. The van der Waals surface area contributed by atoms with E-state index in [-0.39, 0.29) is 28.4 Å². The van der Waals surface area contributed by atoms with Crippen LogP contribution in [0.1, 0.15) is 50.2 Å². The van der Waals surface area contributed by atoms with E-state index in [9.17, 15) is 9.90 Å². The number of halogens is 1. The minimum Gasteiger partial charge on any atom is -1.00 e. The first-order valence-corrected chi connectivity index (χ1v) is 11.4. The molecule has 2 bridgehead atoms. The van der Waals surface area contributed by atoms with Gasteiger partial charge in [0, 0.05) is 31.1 Å². The summed E-state index contributed by atoms with van der Waals surface area (Å²) >= 11 is 0. The number of quaternary nitrogens is 1. The second-order valence-corrected chi connectivity index (χ2v) is 9.12. The van der Waals surface area contributed by atoms with Crippen molar-refractivity contribution in [3.63, 3.8) is 0 Å². The molecule has 0 amide bonds. The van der Waals surface area contributed by atoms with Crippen LogP contribution in [0.15, 0.2) is 60.7 Å². The monoisotopic (exact) mass is 487 g/mol. The number of carbonyl (C=O) groups is 1. The Kier molecular flexibility index (Phi) is 7.61. The molecule has 3 saturated heterocycles. The largest absolute Gasteiger partial charge is 1.00 e. The first kappa shape index (κ1) is 24.0. The Hall–Kier alpha value is -1.69. The number of aliphatic hydroxyl groups is 1. The summed E-state index contributed by atoms with van der Waals surface area (Å²) in [4.78, 5) is 11.7. The molecule has 5 heteroatoms. The number of piperidine rings is 3. The molecule has 31 heavy (non-hydrogen) atoms. The normalized spacial score (nSPS) is 25.0. The van der Waals surface area contributed by atoms with Crippen LogP contribution in [0, 0.1) is 5.41 Å². The molecule has 4 nitrogen and oxygen atoms in total. The third kappa shape index (κ3) is 4.46. The van der Waals surface area contributed by atoms with Crippen LogP contribution < -0.4 is 17.0 Å². The van der Waals surface area contributed by atoms with Crippen molar-refractivity contribution in [2.24, 2.45) is 5.41 Å². The molecule has 3 aliphatic heterocycles. The molecule has 0 aromatic heterocycles. The number of nitrogens with zero attached hydrogens (tertiary/aromatic N) is 1. The summed E-state index contributed by atoms with van der Waals surface area (Å²) in [5.74, 6) is -0.0819. The van der Waals surface area contributed by atoms with Gasteiger partial charge in [-0.2, -0.15) is 0 Å². The minimum atomic E-state index is -0.975. The van der Waals surface area contributed by atoms with E-state index in [0.717, 1.165) is 67.5 Å². The van der Waals surface area contributed by atoms with Crippen molar-refractivity contribution < 1.29 is 36.1 Å². The van der Waals surface area contributed by atoms with Gasteiger partial charge in [-0.3, -0.25) is 4.79 Å². The maximum absolute atomic E-state index is 12.4. The van der Waals surface area contributed by atoms with Crippen LogP contribution in [-0.4, -0.2) is 48.3 Å². The van der Waals surface area contributed by atoms with Crippen LogP contribution >= 0.6 is 0 Å². The molecule has 5 rings (SSSR count). The van der Waals surface area contributed by atoms with Gasteiger partial charge in [-0.1, -0.05) is 60.7 Å². The van der Waals surface area contributed by atoms with E-state index in [1.165, 1.54) is 0 Å². The number of fused-ring (bicyclic) bond motifs is 3. The van der Waals surface area contributed by atoms with Crippen LogP contribution in [0.2, 0.25) is 0 Å². The molecule has 1 N–H and O–H groups in total. The average molecular weight is 488 g/mol. The Morgan fingerprint density at radius 3 is 1.90 bits per heavy atom. The van der Waals surface area contributed by atoms with Crippen molar-refractivity contribution in [3.05, 3.63) is 71.8 Å². The molecule has 2 aromatic rings. The fraction of sp³-hybridized carbons (Fsp3) is 0.500. The molecule has 0 saturated carbocycles. The fourth-order valence-electron chi connectivity index (χ4n) is 5.87. The first-order valence-electron chi connectivity index (χ1n) is 11.4. The molecule has 0 unspecified atom stereocenters. The standard InChI is InChI=1S/C26H34NO3.BrH/c1-2-30-24(28)14-9-18-27-19-15-25(16-20-27,17-21-27)26(29,22-10-5-3-6-11-22)23-12-7-4-8-13-23;/h3-8,10-13,29H,2,9,14-21H2,1H3;1H/q+1;/p-1. The third-order valence-corrected chi connectivity index (χ3v) is 7.66. The molecule has 0 radical (unpaired) electrons. The zero-order valence-corrected chi connectivity index (χ0v) is 20.0. The van der Waals surface area contributed by atoms with Gasteiger partial charge in [0.05, 0.1) is 39.2 Å². The van der Waals surface area contributed by atoms with Gasteiger partial charge < -0.3 is 31.3 Å². The van der Waals surface area contributed by atoms with E-state index in [0.29, 0.717) is 13.0 Å². The van der Waals surface area contributed by atoms with Crippen LogP contribution in [-0.2, 0) is 15.1 Å². The molecular weight excluding hydrogens is 454 g/mol. The summed E-state index contributed by atoms with van der Waals surface area (Å²) < 4.78 is 6.17. The smallest absolute Gasteiger partial charge is 0.305 e. The van der Waals surface area contributed by atoms with E-state index in [1.54, 1.807) is 0 Å². The van der Waals surface area contributed by atoms with Crippen molar-refractivity contribution in [3.8, 4) is 0 Å². The summed E-state index contributed by atoms with van der Waals surface area (Å²) in [6, 6.07) is 20.4. The Labute approximate surface area is 196 Å². The molecule has 3 heterocycles. The second kappa shape index (κ2) is 9.85. The Morgan fingerprint density at radius 2 is 1.45 bits per heavy atom. The Balaban J connectivity index is 0.00000272. The lowest BCUT2D eigenvalue weighted by molar-refractivity contribution is -0.946. The SMILES string of the molecule is CCOC(=O)CCC[N+]12CCC(C(O)(c3ccccc3)c3ccccc3)(CC1)CC2.[Br-]. The number of carbonyl (C=O) groups excluding carboxylic acids is 1. The second-order valence-electron chi connectivity index (χ2n) is 9.12. The van der Waals surface area contributed by atoms with E-state index >= 15 is 0 Å². The average Bonchev–Trinajstić information content (AvgIpc) is 2.81. The predicted octanol–water partition coefficient (Wildman–Crippen LogP) is 1.27. The lowest BCUT2D eigenvalue weighted by Crippen LogP contribution is -3.00. The summed E-state index contributed by atoms with van der Waals surface area (Å²) in [6.07, 6.45) is 4.41. The molecule has 3 aliphatic rings. The quantitative estimate of drug-likeness (QED) is 0.450. The van der Waals surface area contributed by atoms with Crippen LogP contribution in [0.25, 0.3) is 0 Å². The topological polar surface area (TPSA) is 46.5 Å². The Morgan fingerprint density at radius 1 is 0.968 bits per heavy atom. The molecule has 3 fully saturated rings. The van der Waals surface area contributed by atoms with Crippen molar-refractivity contribution in [2.45, 2.75) is 44.6 Å². The molecule has 2 aromatic carbocycles. The van der Waals surface area contributed by atoms with Crippen LogP contribution in [0.3, 0.4) is 0 Å². The highest BCUT2D eigenvalue weighted by atomic mass is 79.9. The fourth-order valence-corrected chi connectivity index (χ4v) is 5.87. The number of benzene rings is 2. The molecule has 168 valence electrons. The van der Waals surface area contributed by atoms with Gasteiger partial charge in [-0.05, 0) is 18.1 Å². The minimum absolute atomic E-state index is 0. The molecular formula is C26H34BrNO3. The maximum atomic E-state index is 12.4. The zero-order chi connectivity index (χ0) is 21.1. The highest BCUT2D eigenvalue weighted by Crippen LogP contribution is 2.57. The van der Waals surface area contributed by atoms with Crippen LogP contribution in [0.5, 0.6) is 0 Å². The number of hydrogen-bond acceptors (Lipinski definition) is 3. The number of rotatable bonds is 8. The number of ether oxygens (including phenoxy) is 1. The number of esters is 1. The van der Waals surface area contributed by atoms with E-state index in [4.69, 9.17) is 4.74 Å². The van der Waals surface area contributed by atoms with E-state index in [2.05, 4.69) is 24.3 Å². The van der Waals surface area contributed by atoms with Crippen LogP contribution in [0.4, 0.5) is 0 Å². The van der Waals surface area contributed by atoms with Crippen molar-refractivity contribution in [2.75, 3.05) is 32.8 Å². The zero-order valence-electron chi connectivity index (χ0n) is 18.4. The molecule has 0 aliphatic carbocycles. The number of hydrogen-bond donors (Lipinski definition) is 1. The predicted molar refractivity (Wildman–Crippen MR) is 118 cm³/mol. The lowest BCUT2D eigenvalue weighted by Gasteiger charge is -2.60. The summed E-state index contributed by atoms with van der Waals surface area (Å²) in [5.41, 5.74) is 0.883. The van der Waals surface area contributed by atoms with Gasteiger partial charge in [0.25, 0.3) is 0 Å². The highest BCUT2D eigenvalue weighted by molar-refractivity contribution is 5.69. The van der Waals surface area contributed by atoms with E-state index in [1.807, 2.05) is 43.3 Å². The van der Waals surface area contributed by atoms with Gasteiger partial charge in [-0.15, -0.1) is 0 Å².